The number of aromatic hydroxyl groups is 1. The van der Waals surface area contributed by atoms with Gasteiger partial charge in [-0.25, -0.2) is 14.8 Å². The molecule has 6 N–H and O–H groups in total. The number of nitrogen functional groups attached to an aromatic ring is 1. The molecule has 0 saturated carbocycles. The molecule has 0 radical (unpaired) electrons. The fourth-order valence-corrected chi connectivity index (χ4v) is 2.71. The number of amidine groups is 1. The third-order valence-corrected chi connectivity index (χ3v) is 4.30. The Bertz CT molecular complexity index is 1050. The highest BCUT2D eigenvalue weighted by atomic mass is 16.3. The van der Waals surface area contributed by atoms with Crippen molar-refractivity contribution >= 4 is 29.0 Å². The molecule has 2 amide bonds. The first-order valence-corrected chi connectivity index (χ1v) is 8.77. The fourth-order valence-electron chi connectivity index (χ4n) is 2.71. The maximum Gasteiger partial charge on any atom is 0.327 e. The molecule has 0 saturated heterocycles. The lowest BCUT2D eigenvalue weighted by molar-refractivity contribution is 0.249. The van der Waals surface area contributed by atoms with E-state index >= 15 is 0 Å². The van der Waals surface area contributed by atoms with Gasteiger partial charge in [0.2, 0.25) is 0 Å². The number of anilines is 2. The molecule has 2 aromatic carbocycles. The van der Waals surface area contributed by atoms with Gasteiger partial charge in [0.15, 0.2) is 5.84 Å². The Kier molecular flexibility index (Phi) is 5.36. The summed E-state index contributed by atoms with van der Waals surface area (Å²) in [5, 5.41) is 12.4. The van der Waals surface area contributed by atoms with Crippen molar-refractivity contribution in [1.82, 2.24) is 5.32 Å². The van der Waals surface area contributed by atoms with Gasteiger partial charge in [-0.05, 0) is 37.3 Å². The zero-order valence-electron chi connectivity index (χ0n) is 16.0. The zero-order valence-corrected chi connectivity index (χ0v) is 16.0. The van der Waals surface area contributed by atoms with E-state index in [1.807, 2.05) is 31.2 Å². The van der Waals surface area contributed by atoms with Gasteiger partial charge < -0.3 is 21.9 Å². The lowest BCUT2D eigenvalue weighted by Crippen LogP contribution is -2.41. The Morgan fingerprint density at radius 1 is 1.24 bits per heavy atom. The number of urea groups is 1. The smallest absolute Gasteiger partial charge is 0.327 e. The van der Waals surface area contributed by atoms with Crippen molar-refractivity contribution in [1.29, 1.82) is 0 Å². The SMILES string of the molecule is C=C(N)C1=N/C(c2ccc(O)c(N)c2)=N\CN(c2ccc(C)cc2)C(=O)NC1=C. The van der Waals surface area contributed by atoms with Gasteiger partial charge in [-0.2, -0.15) is 0 Å². The molecule has 3 rings (SSSR count). The molecule has 2 aromatic rings. The van der Waals surface area contributed by atoms with E-state index in [1.165, 1.54) is 11.0 Å². The number of nitrogens with one attached hydrogen (secondary N) is 1. The van der Waals surface area contributed by atoms with Gasteiger partial charge in [-0.3, -0.25) is 4.90 Å². The van der Waals surface area contributed by atoms with E-state index in [1.54, 1.807) is 12.1 Å². The van der Waals surface area contributed by atoms with Crippen molar-refractivity contribution in [3.05, 3.63) is 78.1 Å². The number of aryl methyl sites for hydroxylation is 1. The Morgan fingerprint density at radius 2 is 1.93 bits per heavy atom. The minimum absolute atomic E-state index is 0.00782. The van der Waals surface area contributed by atoms with E-state index in [9.17, 15) is 9.90 Å². The number of hydrogen-bond acceptors (Lipinski definition) is 6. The van der Waals surface area contributed by atoms with E-state index < -0.39 is 6.03 Å². The molecule has 0 bridgehead atoms. The maximum absolute atomic E-state index is 12.8. The molecule has 8 nitrogen and oxygen atoms in total. The summed E-state index contributed by atoms with van der Waals surface area (Å²) in [4.78, 5) is 23.2. The number of amides is 2. The zero-order chi connectivity index (χ0) is 21.1. The molecule has 0 spiro atoms. The van der Waals surface area contributed by atoms with Gasteiger partial charge in [0, 0.05) is 11.3 Å². The molecule has 29 heavy (non-hydrogen) atoms. The number of aliphatic imine (C=N–C) groups is 2. The summed E-state index contributed by atoms with van der Waals surface area (Å²) in [7, 11) is 0. The molecule has 1 heterocycles. The van der Waals surface area contributed by atoms with Crippen molar-refractivity contribution in [2.75, 3.05) is 17.3 Å². The normalized spacial score (nSPS) is 16.7. The van der Waals surface area contributed by atoms with Crippen molar-refractivity contribution in [2.24, 2.45) is 15.7 Å². The van der Waals surface area contributed by atoms with Crippen LogP contribution < -0.4 is 21.7 Å². The summed E-state index contributed by atoms with van der Waals surface area (Å²) in [6.07, 6.45) is 0. The van der Waals surface area contributed by atoms with Crippen molar-refractivity contribution in [3.8, 4) is 5.75 Å². The highest BCUT2D eigenvalue weighted by molar-refractivity contribution is 6.20. The van der Waals surface area contributed by atoms with Crippen molar-refractivity contribution in [3.63, 3.8) is 0 Å². The van der Waals surface area contributed by atoms with Crippen LogP contribution in [-0.4, -0.2) is 29.4 Å². The molecule has 0 aliphatic carbocycles. The van der Waals surface area contributed by atoms with Crippen LogP contribution in [0.3, 0.4) is 0 Å². The predicted octanol–water partition coefficient (Wildman–Crippen LogP) is 2.64. The van der Waals surface area contributed by atoms with Gasteiger partial charge in [0.1, 0.15) is 18.1 Å². The van der Waals surface area contributed by atoms with Gasteiger partial charge >= 0.3 is 6.03 Å². The number of nitrogens with zero attached hydrogens (tertiary/aromatic N) is 3. The van der Waals surface area contributed by atoms with Crippen LogP contribution in [0.5, 0.6) is 5.75 Å². The number of carbonyl (C=O) groups excluding carboxylic acids is 1. The Hall–Kier alpha value is -4.07. The Balaban J connectivity index is 2.11. The molecule has 1 aliphatic heterocycles. The summed E-state index contributed by atoms with van der Waals surface area (Å²) < 4.78 is 0. The Labute approximate surface area is 168 Å². The van der Waals surface area contributed by atoms with Crippen LogP contribution in [0.4, 0.5) is 16.2 Å². The van der Waals surface area contributed by atoms with Gasteiger partial charge in [-0.1, -0.05) is 30.9 Å². The van der Waals surface area contributed by atoms with Gasteiger partial charge in [0.25, 0.3) is 0 Å². The first-order valence-electron chi connectivity index (χ1n) is 8.77. The largest absolute Gasteiger partial charge is 0.506 e. The molecule has 1 aliphatic rings. The summed E-state index contributed by atoms with van der Waals surface area (Å²) in [5.74, 6) is 0.223. The lowest BCUT2D eigenvalue weighted by Gasteiger charge is -2.21. The fraction of sp³-hybridized carbons (Fsp3) is 0.0952. The number of phenols is 1. The average Bonchev–Trinajstić information content (AvgIpc) is 2.73. The third-order valence-electron chi connectivity index (χ3n) is 4.30. The molecule has 0 fully saturated rings. The van der Waals surface area contributed by atoms with E-state index in [2.05, 4.69) is 28.5 Å². The van der Waals surface area contributed by atoms with Crippen LogP contribution >= 0.6 is 0 Å². The maximum atomic E-state index is 12.8. The highest BCUT2D eigenvalue weighted by Gasteiger charge is 2.21. The van der Waals surface area contributed by atoms with E-state index in [4.69, 9.17) is 11.5 Å². The Morgan fingerprint density at radius 3 is 2.55 bits per heavy atom. The van der Waals surface area contributed by atoms with Crippen LogP contribution in [0.25, 0.3) is 0 Å². The van der Waals surface area contributed by atoms with Crippen LogP contribution in [0.15, 0.2) is 77.0 Å². The minimum atomic E-state index is -0.428. The summed E-state index contributed by atoms with van der Waals surface area (Å²) in [6, 6.07) is 11.6. The van der Waals surface area contributed by atoms with E-state index in [0.29, 0.717) is 11.3 Å². The molecular formula is C21H22N6O2. The molecular weight excluding hydrogens is 368 g/mol. The summed E-state index contributed by atoms with van der Waals surface area (Å²) >= 11 is 0. The van der Waals surface area contributed by atoms with Gasteiger partial charge in [-0.15, -0.1) is 0 Å². The highest BCUT2D eigenvalue weighted by Crippen LogP contribution is 2.22. The van der Waals surface area contributed by atoms with Crippen LogP contribution in [0.1, 0.15) is 11.1 Å². The quantitative estimate of drug-likeness (QED) is 0.474. The van der Waals surface area contributed by atoms with E-state index in [0.717, 1.165) is 5.56 Å². The number of hydrogen-bond donors (Lipinski definition) is 4. The van der Waals surface area contributed by atoms with Crippen LogP contribution in [-0.2, 0) is 0 Å². The first kappa shape index (κ1) is 19.7. The standard InChI is InChI=1S/C21H22N6O2/c1-12-4-7-16(8-5-12)27-11-24-20(15-6-9-18(28)17(23)10-15)26-19(13(2)22)14(3)25-21(27)29/h4-10,28H,2-3,11,22-23H2,1H3,(H,25,29)/b24-20-,26-19?. The second-order valence-corrected chi connectivity index (χ2v) is 6.55. The first-order chi connectivity index (χ1) is 13.8. The van der Waals surface area contributed by atoms with Crippen LogP contribution in [0.2, 0.25) is 0 Å². The average molecular weight is 390 g/mol. The number of benzene rings is 2. The van der Waals surface area contributed by atoms with Crippen molar-refractivity contribution < 1.29 is 9.90 Å². The third kappa shape index (κ3) is 4.27. The second kappa shape index (κ2) is 7.89. The van der Waals surface area contributed by atoms with Gasteiger partial charge in [0.05, 0.1) is 17.1 Å². The second-order valence-electron chi connectivity index (χ2n) is 6.55. The predicted molar refractivity (Wildman–Crippen MR) is 116 cm³/mol. The topological polar surface area (TPSA) is 129 Å². The van der Waals surface area contributed by atoms with Crippen molar-refractivity contribution in [2.45, 2.75) is 6.92 Å². The number of carbonyl (C=O) groups is 1. The number of nitrogens with two attached hydrogens (primary N) is 2. The van der Waals surface area contributed by atoms with E-state index in [-0.39, 0.29) is 41.0 Å². The molecule has 0 unspecified atom stereocenters. The number of phenolic OH excluding ortho intramolecular Hbond substituents is 1. The molecule has 148 valence electrons. The molecule has 8 heteroatoms. The monoisotopic (exact) mass is 390 g/mol. The minimum Gasteiger partial charge on any atom is -0.506 e. The number of rotatable bonds is 3. The summed E-state index contributed by atoms with van der Waals surface area (Å²) in [6.45, 7) is 9.52. The lowest BCUT2D eigenvalue weighted by atomic mass is 10.1. The molecule has 0 atom stereocenters. The summed E-state index contributed by atoms with van der Waals surface area (Å²) in [5.41, 5.74) is 14.6. The molecule has 0 aromatic heterocycles. The van der Waals surface area contributed by atoms with Crippen LogP contribution in [0, 0.1) is 6.92 Å².